The van der Waals surface area contributed by atoms with E-state index in [1.54, 1.807) is 30.7 Å². The number of halogens is 1. The number of fused-ring (bicyclic) bond motifs is 1. The van der Waals surface area contributed by atoms with Crippen molar-refractivity contribution in [3.63, 3.8) is 0 Å². The Hall–Kier alpha value is -3.55. The lowest BCUT2D eigenvalue weighted by Gasteiger charge is -2.36. The molecule has 2 N–H and O–H groups in total. The van der Waals surface area contributed by atoms with Gasteiger partial charge < -0.3 is 29.2 Å². The Bertz CT molecular complexity index is 1360. The van der Waals surface area contributed by atoms with Crippen LogP contribution in [0.3, 0.4) is 0 Å². The van der Waals surface area contributed by atoms with Gasteiger partial charge in [0, 0.05) is 58.4 Å². The van der Waals surface area contributed by atoms with Crippen LogP contribution in [0.1, 0.15) is 0 Å². The number of furan rings is 1. The minimum atomic E-state index is -0.937. The van der Waals surface area contributed by atoms with Gasteiger partial charge in [0.05, 0.1) is 18.2 Å². The fraction of sp³-hybridized carbons (Fsp3) is 0.400. The second-order valence-corrected chi connectivity index (χ2v) is 10.7. The van der Waals surface area contributed by atoms with Crippen LogP contribution in [-0.4, -0.2) is 94.0 Å². The molecule has 0 bridgehead atoms. The number of nitrogens with zero attached hydrogens (tertiary/aromatic N) is 7. The number of anilines is 3. The van der Waals surface area contributed by atoms with Crippen molar-refractivity contribution in [2.75, 3.05) is 80.5 Å². The Labute approximate surface area is 223 Å². The largest absolute Gasteiger partial charge is 0.616 e. The molecule has 3 aromatic heterocycles. The summed E-state index contributed by atoms with van der Waals surface area (Å²) in [6, 6.07) is 10.4. The van der Waals surface area contributed by atoms with Crippen molar-refractivity contribution in [2.24, 2.45) is 0 Å². The van der Waals surface area contributed by atoms with E-state index in [2.05, 4.69) is 24.9 Å². The van der Waals surface area contributed by atoms with E-state index >= 15 is 0 Å². The third kappa shape index (κ3) is 5.95. The Balaban J connectivity index is 1.13. The molecule has 5 rings (SSSR count). The Morgan fingerprint density at radius 1 is 1.18 bits per heavy atom. The summed E-state index contributed by atoms with van der Waals surface area (Å²) in [6.45, 7) is 4.87. The lowest BCUT2D eigenvalue weighted by molar-refractivity contribution is 0.262. The molecule has 0 amide bonds. The molecule has 0 aliphatic carbocycles. The monoisotopic (exact) mass is 542 g/mol. The van der Waals surface area contributed by atoms with E-state index in [4.69, 9.17) is 14.9 Å². The number of rotatable bonds is 10. The van der Waals surface area contributed by atoms with Crippen molar-refractivity contribution in [1.29, 1.82) is 0 Å². The van der Waals surface area contributed by atoms with Crippen molar-refractivity contribution in [3.8, 4) is 17.2 Å². The van der Waals surface area contributed by atoms with Gasteiger partial charge in [0.1, 0.15) is 29.6 Å². The van der Waals surface area contributed by atoms with Gasteiger partial charge in [0.25, 0.3) is 0 Å². The second-order valence-electron chi connectivity index (χ2n) is 9.15. The highest BCUT2D eigenvalue weighted by molar-refractivity contribution is 7.90. The molecule has 1 saturated heterocycles. The molecule has 0 unspecified atom stereocenters. The molecule has 1 aliphatic heterocycles. The maximum absolute atomic E-state index is 14.7. The maximum Gasteiger partial charge on any atom is 0.230 e. The number of hydrogen-bond donors (Lipinski definition) is 1. The normalized spacial score (nSPS) is 15.2. The molecule has 1 atom stereocenters. The fourth-order valence-corrected chi connectivity index (χ4v) is 4.64. The predicted octanol–water partition coefficient (Wildman–Crippen LogP) is 2.12. The van der Waals surface area contributed by atoms with Gasteiger partial charge in [-0.1, -0.05) is 11.2 Å². The summed E-state index contributed by atoms with van der Waals surface area (Å²) < 4.78 is 38.3. The van der Waals surface area contributed by atoms with Crippen LogP contribution in [0.5, 0.6) is 5.75 Å². The summed E-state index contributed by atoms with van der Waals surface area (Å²) in [6.07, 6.45) is 3.21. The standard InChI is InChI=1S/C25H31FN8O3S/c1-31(25-28-23-17-20(22-4-3-13-37-22)30-34(23)24(27)29-25)7-8-32-9-11-33(12-10-32)21-6-5-18(16-19(21)26)36-14-15-38(2)35/h3-6,13,16-17H,7-12,14-15H2,1-2H3,(H2,27,28,29)/t38-/m0/s1. The van der Waals surface area contributed by atoms with Crippen molar-refractivity contribution < 1.29 is 18.1 Å². The molecule has 38 heavy (non-hydrogen) atoms. The van der Waals surface area contributed by atoms with Gasteiger partial charge in [-0.05, 0) is 24.3 Å². The first-order valence-corrected chi connectivity index (χ1v) is 14.1. The van der Waals surface area contributed by atoms with Crippen molar-refractivity contribution in [2.45, 2.75) is 0 Å². The SMILES string of the molecule is CN(CCN1CCN(c2ccc(OCC[S@+](C)[O-])cc2F)CC1)c1nc(N)n2nc(-c3ccco3)cc2n1. The van der Waals surface area contributed by atoms with Gasteiger partial charge in [0.2, 0.25) is 11.9 Å². The summed E-state index contributed by atoms with van der Waals surface area (Å²) in [5, 5.41) is 4.43. The minimum Gasteiger partial charge on any atom is -0.616 e. The van der Waals surface area contributed by atoms with Gasteiger partial charge in [0.15, 0.2) is 11.4 Å². The van der Waals surface area contributed by atoms with Crippen LogP contribution in [0.4, 0.5) is 22.0 Å². The molecule has 11 nitrogen and oxygen atoms in total. The third-order valence-electron chi connectivity index (χ3n) is 6.47. The average molecular weight is 543 g/mol. The summed E-state index contributed by atoms with van der Waals surface area (Å²) in [4.78, 5) is 15.4. The number of hydrogen-bond acceptors (Lipinski definition) is 10. The van der Waals surface area contributed by atoms with E-state index in [1.807, 2.05) is 24.1 Å². The van der Waals surface area contributed by atoms with Crippen LogP contribution < -0.4 is 20.3 Å². The molecule has 0 saturated carbocycles. The molecule has 4 heterocycles. The molecule has 1 fully saturated rings. The Morgan fingerprint density at radius 2 is 2.00 bits per heavy atom. The van der Waals surface area contributed by atoms with Gasteiger partial charge in [-0.15, -0.1) is 0 Å². The van der Waals surface area contributed by atoms with E-state index in [0.29, 0.717) is 53.4 Å². The average Bonchev–Trinajstić information content (AvgIpc) is 3.58. The zero-order chi connectivity index (χ0) is 26.6. The first-order chi connectivity index (χ1) is 18.4. The Kier molecular flexibility index (Phi) is 7.86. The van der Waals surface area contributed by atoms with Gasteiger partial charge in [-0.3, -0.25) is 4.90 Å². The number of piperazine rings is 1. The van der Waals surface area contributed by atoms with E-state index in [1.165, 1.54) is 10.6 Å². The molecule has 202 valence electrons. The third-order valence-corrected chi connectivity index (χ3v) is 7.22. The van der Waals surface area contributed by atoms with Crippen molar-refractivity contribution in [3.05, 3.63) is 48.5 Å². The number of ether oxygens (including phenoxy) is 1. The van der Waals surface area contributed by atoms with E-state index < -0.39 is 11.2 Å². The number of aromatic nitrogens is 4. The van der Waals surface area contributed by atoms with Gasteiger partial charge in [-0.2, -0.15) is 19.6 Å². The lowest BCUT2D eigenvalue weighted by Crippen LogP contribution is -2.48. The molecule has 1 aliphatic rings. The Morgan fingerprint density at radius 3 is 2.71 bits per heavy atom. The van der Waals surface area contributed by atoms with E-state index in [-0.39, 0.29) is 11.8 Å². The molecule has 4 aromatic rings. The van der Waals surface area contributed by atoms with E-state index in [0.717, 1.165) is 32.7 Å². The summed E-state index contributed by atoms with van der Waals surface area (Å²) in [5.41, 5.74) is 7.96. The highest BCUT2D eigenvalue weighted by atomic mass is 32.2. The number of benzene rings is 1. The molecule has 13 heteroatoms. The molecular weight excluding hydrogens is 511 g/mol. The number of nitrogens with two attached hydrogens (primary N) is 1. The van der Waals surface area contributed by atoms with Crippen molar-refractivity contribution in [1.82, 2.24) is 24.5 Å². The van der Waals surface area contributed by atoms with Crippen LogP contribution in [0.2, 0.25) is 0 Å². The first-order valence-electron chi connectivity index (χ1n) is 12.4. The summed E-state index contributed by atoms with van der Waals surface area (Å²) in [5.74, 6) is 1.97. The van der Waals surface area contributed by atoms with Crippen molar-refractivity contribution >= 4 is 34.4 Å². The van der Waals surface area contributed by atoms with Crippen LogP contribution in [-0.2, 0) is 11.2 Å². The first kappa shape index (κ1) is 26.1. The fourth-order valence-electron chi connectivity index (χ4n) is 4.33. The van der Waals surface area contributed by atoms with Crippen LogP contribution >= 0.6 is 0 Å². The predicted molar refractivity (Wildman–Crippen MR) is 146 cm³/mol. The maximum atomic E-state index is 14.7. The smallest absolute Gasteiger partial charge is 0.230 e. The molecular formula is C25H31FN8O3S. The van der Waals surface area contributed by atoms with Crippen LogP contribution in [0, 0.1) is 5.82 Å². The lowest BCUT2D eigenvalue weighted by atomic mass is 10.2. The number of likely N-dealkylation sites (N-methyl/N-ethyl adjacent to an activating group) is 1. The second kappa shape index (κ2) is 11.5. The van der Waals surface area contributed by atoms with Gasteiger partial charge >= 0.3 is 0 Å². The molecule has 0 spiro atoms. The summed E-state index contributed by atoms with van der Waals surface area (Å²) >= 11 is -0.937. The zero-order valence-electron chi connectivity index (χ0n) is 21.4. The molecule has 1 aromatic carbocycles. The minimum absolute atomic E-state index is 0.252. The topological polar surface area (TPSA) is 124 Å². The zero-order valence-corrected chi connectivity index (χ0v) is 22.2. The number of nitrogen functional groups attached to an aromatic ring is 1. The summed E-state index contributed by atoms with van der Waals surface area (Å²) in [7, 11) is 1.93. The van der Waals surface area contributed by atoms with E-state index in [9.17, 15) is 8.94 Å². The van der Waals surface area contributed by atoms with Crippen LogP contribution in [0.15, 0.2) is 47.1 Å². The highest BCUT2D eigenvalue weighted by Crippen LogP contribution is 2.26. The van der Waals surface area contributed by atoms with Gasteiger partial charge in [-0.25, -0.2) is 4.39 Å². The molecule has 0 radical (unpaired) electrons. The van der Waals surface area contributed by atoms with Crippen LogP contribution in [0.25, 0.3) is 17.1 Å². The highest BCUT2D eigenvalue weighted by Gasteiger charge is 2.21. The quantitative estimate of drug-likeness (QED) is 0.298.